The highest BCUT2D eigenvalue weighted by atomic mass is 19.3. The molecule has 1 fully saturated rings. The molecule has 1 aromatic rings. The van der Waals surface area contributed by atoms with Gasteiger partial charge in [0.2, 0.25) is 5.91 Å². The molecule has 0 bridgehead atoms. The Morgan fingerprint density at radius 2 is 1.88 bits per heavy atom. The van der Waals surface area contributed by atoms with E-state index in [1.54, 1.807) is 0 Å². The number of carbonyl (C=O) groups excluding carboxylic acids is 2. The summed E-state index contributed by atoms with van der Waals surface area (Å²) in [6.45, 7) is -0.942. The SMILES string of the molecule is COc1cc(C(=O)NCC(=O)NC2CCC(C)CC2)ccc1OC(F)F. The van der Waals surface area contributed by atoms with Crippen molar-refractivity contribution in [1.29, 1.82) is 0 Å². The van der Waals surface area contributed by atoms with Crippen molar-refractivity contribution in [3.63, 3.8) is 0 Å². The van der Waals surface area contributed by atoms with Gasteiger partial charge in [0, 0.05) is 11.6 Å². The van der Waals surface area contributed by atoms with Gasteiger partial charge >= 0.3 is 6.61 Å². The van der Waals surface area contributed by atoms with E-state index in [-0.39, 0.29) is 35.6 Å². The monoisotopic (exact) mass is 370 g/mol. The molecule has 1 aliphatic carbocycles. The van der Waals surface area contributed by atoms with Crippen LogP contribution in [0.15, 0.2) is 18.2 Å². The third-order valence-electron chi connectivity index (χ3n) is 4.43. The van der Waals surface area contributed by atoms with Crippen LogP contribution >= 0.6 is 0 Å². The number of amides is 2. The fraction of sp³-hybridized carbons (Fsp3) is 0.556. The molecule has 0 spiro atoms. The fourth-order valence-corrected chi connectivity index (χ4v) is 2.95. The van der Waals surface area contributed by atoms with Crippen LogP contribution in [0.1, 0.15) is 43.0 Å². The van der Waals surface area contributed by atoms with Crippen molar-refractivity contribution in [2.24, 2.45) is 5.92 Å². The average Bonchev–Trinajstić information content (AvgIpc) is 2.61. The number of carbonyl (C=O) groups is 2. The molecular formula is C18H24F2N2O4. The maximum absolute atomic E-state index is 12.3. The van der Waals surface area contributed by atoms with E-state index in [0.717, 1.165) is 25.7 Å². The number of nitrogens with one attached hydrogen (secondary N) is 2. The second-order valence-corrected chi connectivity index (χ2v) is 6.45. The quantitative estimate of drug-likeness (QED) is 0.774. The summed E-state index contributed by atoms with van der Waals surface area (Å²) in [5.74, 6) is -0.210. The molecule has 144 valence electrons. The average molecular weight is 370 g/mol. The van der Waals surface area contributed by atoms with Gasteiger partial charge in [-0.05, 0) is 49.8 Å². The molecule has 1 aromatic carbocycles. The van der Waals surface area contributed by atoms with Gasteiger partial charge in [-0.3, -0.25) is 9.59 Å². The van der Waals surface area contributed by atoms with Crippen molar-refractivity contribution in [1.82, 2.24) is 10.6 Å². The van der Waals surface area contributed by atoms with Crippen molar-refractivity contribution in [3.05, 3.63) is 23.8 Å². The largest absolute Gasteiger partial charge is 0.493 e. The van der Waals surface area contributed by atoms with Gasteiger partial charge in [0.15, 0.2) is 11.5 Å². The van der Waals surface area contributed by atoms with Crippen LogP contribution in [-0.2, 0) is 4.79 Å². The van der Waals surface area contributed by atoms with E-state index >= 15 is 0 Å². The molecule has 0 unspecified atom stereocenters. The predicted octanol–water partition coefficient (Wildman–Crippen LogP) is 2.72. The molecule has 0 saturated heterocycles. The molecule has 0 radical (unpaired) electrons. The van der Waals surface area contributed by atoms with Crippen molar-refractivity contribution in [2.75, 3.05) is 13.7 Å². The van der Waals surface area contributed by atoms with Crippen LogP contribution in [0.5, 0.6) is 11.5 Å². The van der Waals surface area contributed by atoms with Gasteiger partial charge in [0.25, 0.3) is 5.91 Å². The van der Waals surface area contributed by atoms with Crippen molar-refractivity contribution >= 4 is 11.8 Å². The Balaban J connectivity index is 1.86. The molecule has 2 N–H and O–H groups in total. The summed E-state index contributed by atoms with van der Waals surface area (Å²) < 4.78 is 33.9. The van der Waals surface area contributed by atoms with E-state index in [1.165, 1.54) is 25.3 Å². The molecule has 2 rings (SSSR count). The third kappa shape index (κ3) is 5.86. The normalized spacial score (nSPS) is 19.7. The number of hydrogen-bond acceptors (Lipinski definition) is 4. The van der Waals surface area contributed by atoms with E-state index in [2.05, 4.69) is 22.3 Å². The first-order valence-corrected chi connectivity index (χ1v) is 8.59. The van der Waals surface area contributed by atoms with Gasteiger partial charge in [0.05, 0.1) is 13.7 Å². The third-order valence-corrected chi connectivity index (χ3v) is 4.43. The zero-order chi connectivity index (χ0) is 19.1. The Hall–Kier alpha value is -2.38. The lowest BCUT2D eigenvalue weighted by molar-refractivity contribution is -0.121. The summed E-state index contributed by atoms with van der Waals surface area (Å²) in [6.07, 6.45) is 4.07. The van der Waals surface area contributed by atoms with Gasteiger partial charge in [-0.25, -0.2) is 0 Å². The van der Waals surface area contributed by atoms with Crippen molar-refractivity contribution in [2.45, 2.75) is 45.3 Å². The Kier molecular flexibility index (Phi) is 7.17. The van der Waals surface area contributed by atoms with E-state index in [1.807, 2.05) is 0 Å². The van der Waals surface area contributed by atoms with Crippen LogP contribution in [0.3, 0.4) is 0 Å². The first kappa shape index (κ1) is 19.9. The Bertz CT molecular complexity index is 632. The van der Waals surface area contributed by atoms with Crippen LogP contribution in [0, 0.1) is 5.92 Å². The standard InChI is InChI=1S/C18H24F2N2O4/c1-11-3-6-13(7-4-11)22-16(23)10-21-17(24)12-5-8-14(26-18(19)20)15(9-12)25-2/h5,8-9,11,13,18H,3-4,6-7,10H2,1-2H3,(H,21,24)(H,22,23). The molecular weight excluding hydrogens is 346 g/mol. The van der Waals surface area contributed by atoms with Crippen LogP contribution < -0.4 is 20.1 Å². The van der Waals surface area contributed by atoms with Crippen molar-refractivity contribution < 1.29 is 27.8 Å². The first-order chi connectivity index (χ1) is 12.4. The molecule has 0 aliphatic heterocycles. The number of methoxy groups -OCH3 is 1. The zero-order valence-electron chi connectivity index (χ0n) is 14.9. The van der Waals surface area contributed by atoms with E-state index in [4.69, 9.17) is 4.74 Å². The lowest BCUT2D eigenvalue weighted by atomic mass is 9.87. The van der Waals surface area contributed by atoms with Gasteiger partial charge in [-0.1, -0.05) is 6.92 Å². The summed E-state index contributed by atoms with van der Waals surface area (Å²) in [5.41, 5.74) is 0.183. The number of hydrogen-bond donors (Lipinski definition) is 2. The summed E-state index contributed by atoms with van der Waals surface area (Å²) in [4.78, 5) is 24.1. The minimum Gasteiger partial charge on any atom is -0.493 e. The van der Waals surface area contributed by atoms with Gasteiger partial charge in [-0.15, -0.1) is 0 Å². The van der Waals surface area contributed by atoms with Crippen LogP contribution in [0.25, 0.3) is 0 Å². The van der Waals surface area contributed by atoms with E-state index in [0.29, 0.717) is 5.92 Å². The minimum atomic E-state index is -2.99. The minimum absolute atomic E-state index is 0.0127. The zero-order valence-corrected chi connectivity index (χ0v) is 14.9. The van der Waals surface area contributed by atoms with Crippen LogP contribution in [0.4, 0.5) is 8.78 Å². The van der Waals surface area contributed by atoms with E-state index < -0.39 is 12.5 Å². The maximum Gasteiger partial charge on any atom is 0.387 e. The number of ether oxygens (including phenoxy) is 2. The molecule has 0 aromatic heterocycles. The molecule has 0 heterocycles. The van der Waals surface area contributed by atoms with Gasteiger partial charge < -0.3 is 20.1 Å². The highest BCUT2D eigenvalue weighted by molar-refractivity contribution is 5.97. The number of halogens is 2. The van der Waals surface area contributed by atoms with Gasteiger partial charge in [-0.2, -0.15) is 8.78 Å². The van der Waals surface area contributed by atoms with Gasteiger partial charge in [0.1, 0.15) is 0 Å². The molecule has 8 heteroatoms. The lowest BCUT2D eigenvalue weighted by Crippen LogP contribution is -2.43. The molecule has 2 amide bonds. The smallest absolute Gasteiger partial charge is 0.387 e. The van der Waals surface area contributed by atoms with E-state index in [9.17, 15) is 18.4 Å². The predicted molar refractivity (Wildman–Crippen MR) is 91.5 cm³/mol. The second-order valence-electron chi connectivity index (χ2n) is 6.45. The lowest BCUT2D eigenvalue weighted by Gasteiger charge is -2.26. The number of rotatable bonds is 7. The first-order valence-electron chi connectivity index (χ1n) is 8.59. The fourth-order valence-electron chi connectivity index (χ4n) is 2.95. The highest BCUT2D eigenvalue weighted by Crippen LogP contribution is 2.29. The summed E-state index contributed by atoms with van der Waals surface area (Å²) in [5, 5.41) is 5.43. The second kappa shape index (κ2) is 9.35. The highest BCUT2D eigenvalue weighted by Gasteiger charge is 2.20. The van der Waals surface area contributed by atoms with Crippen LogP contribution in [-0.4, -0.2) is 38.1 Å². The Labute approximate surface area is 151 Å². The Morgan fingerprint density at radius 1 is 1.19 bits per heavy atom. The molecule has 0 atom stereocenters. The number of benzene rings is 1. The molecule has 26 heavy (non-hydrogen) atoms. The number of alkyl halides is 2. The molecule has 1 saturated carbocycles. The molecule has 6 nitrogen and oxygen atoms in total. The maximum atomic E-state index is 12.3. The summed E-state index contributed by atoms with van der Waals surface area (Å²) in [6, 6.07) is 3.99. The van der Waals surface area contributed by atoms with Crippen molar-refractivity contribution in [3.8, 4) is 11.5 Å². The molecule has 1 aliphatic rings. The Morgan fingerprint density at radius 3 is 2.50 bits per heavy atom. The topological polar surface area (TPSA) is 76.7 Å². The summed E-state index contributed by atoms with van der Waals surface area (Å²) in [7, 11) is 1.29. The summed E-state index contributed by atoms with van der Waals surface area (Å²) >= 11 is 0. The van der Waals surface area contributed by atoms with Crippen LogP contribution in [0.2, 0.25) is 0 Å².